The van der Waals surface area contributed by atoms with Crippen LogP contribution in [-0.2, 0) is 22.6 Å². The van der Waals surface area contributed by atoms with Crippen molar-refractivity contribution in [2.24, 2.45) is 0 Å². The second-order valence-corrected chi connectivity index (χ2v) is 7.31. The smallest absolute Gasteiger partial charge is 0.237 e. The highest BCUT2D eigenvalue weighted by molar-refractivity contribution is 6.27. The quantitative estimate of drug-likeness (QED) is 0.686. The maximum Gasteiger partial charge on any atom is 0.237 e. The highest BCUT2D eigenvalue weighted by atomic mass is 35.5. The van der Waals surface area contributed by atoms with Gasteiger partial charge in [0.05, 0.1) is 12.6 Å². The Morgan fingerprint density at radius 1 is 1.21 bits per heavy atom. The Morgan fingerprint density at radius 3 is 2.61 bits per heavy atom. The fourth-order valence-electron chi connectivity index (χ4n) is 3.64. The summed E-state index contributed by atoms with van der Waals surface area (Å²) >= 11 is 5.66. The number of hydrogen-bond donors (Lipinski definition) is 2. The van der Waals surface area contributed by atoms with Crippen molar-refractivity contribution in [1.29, 1.82) is 0 Å². The lowest BCUT2D eigenvalue weighted by molar-refractivity contribution is -0.130. The molecule has 152 valence electrons. The molecular formula is C20H27ClN4O3. The first-order valence-corrected chi connectivity index (χ1v) is 10.0. The van der Waals surface area contributed by atoms with Crippen LogP contribution in [0.25, 0.3) is 10.9 Å². The number of piperazine rings is 1. The summed E-state index contributed by atoms with van der Waals surface area (Å²) in [6.45, 7) is 5.94. The molecule has 1 aromatic carbocycles. The van der Waals surface area contributed by atoms with Crippen molar-refractivity contribution in [3.63, 3.8) is 0 Å². The van der Waals surface area contributed by atoms with E-state index in [-0.39, 0.29) is 17.7 Å². The number of hydrogen-bond acceptors (Lipinski definition) is 4. The summed E-state index contributed by atoms with van der Waals surface area (Å²) in [6.07, 6.45) is 2.76. The van der Waals surface area contributed by atoms with Crippen LogP contribution in [0.15, 0.2) is 18.3 Å². The van der Waals surface area contributed by atoms with Crippen molar-refractivity contribution in [3.05, 3.63) is 29.5 Å². The van der Waals surface area contributed by atoms with E-state index in [1.807, 2.05) is 17.2 Å². The van der Waals surface area contributed by atoms with Gasteiger partial charge in [-0.1, -0.05) is 0 Å². The van der Waals surface area contributed by atoms with Gasteiger partial charge in [0.15, 0.2) is 0 Å². The fraction of sp³-hybridized carbons (Fsp3) is 0.500. The van der Waals surface area contributed by atoms with Gasteiger partial charge in [-0.05, 0) is 29.7 Å². The highest BCUT2D eigenvalue weighted by Crippen LogP contribution is 2.29. The van der Waals surface area contributed by atoms with E-state index in [2.05, 4.69) is 21.3 Å². The number of nitrogens with one attached hydrogen (secondary N) is 2. The summed E-state index contributed by atoms with van der Waals surface area (Å²) in [5.41, 5.74) is 3.41. The molecule has 7 nitrogen and oxygen atoms in total. The van der Waals surface area contributed by atoms with Crippen LogP contribution in [-0.4, -0.2) is 72.3 Å². The number of fused-ring (bicyclic) bond motifs is 1. The first kappa shape index (κ1) is 20.5. The molecule has 28 heavy (non-hydrogen) atoms. The Balaban J connectivity index is 1.75. The molecule has 1 aliphatic heterocycles. The van der Waals surface area contributed by atoms with Crippen LogP contribution in [0.3, 0.4) is 0 Å². The molecule has 3 rings (SSSR count). The van der Waals surface area contributed by atoms with E-state index in [1.165, 1.54) is 6.92 Å². The Hall–Kier alpha value is -2.25. The number of ether oxygens (including phenoxy) is 1. The van der Waals surface area contributed by atoms with Crippen LogP contribution in [0.1, 0.15) is 18.1 Å². The van der Waals surface area contributed by atoms with Gasteiger partial charge in [0, 0.05) is 57.8 Å². The van der Waals surface area contributed by atoms with Gasteiger partial charge in [-0.2, -0.15) is 0 Å². The summed E-state index contributed by atoms with van der Waals surface area (Å²) in [5, 5.41) is 3.96. The van der Waals surface area contributed by atoms with Gasteiger partial charge in [0.1, 0.15) is 11.6 Å². The van der Waals surface area contributed by atoms with Crippen LogP contribution < -0.4 is 10.1 Å². The van der Waals surface area contributed by atoms with E-state index in [0.717, 1.165) is 53.8 Å². The normalized spacial score (nSPS) is 15.0. The van der Waals surface area contributed by atoms with Gasteiger partial charge in [0.25, 0.3) is 0 Å². The number of alkyl halides is 1. The summed E-state index contributed by atoms with van der Waals surface area (Å²) in [5.74, 6) is 0.835. The van der Waals surface area contributed by atoms with Crippen molar-refractivity contribution in [3.8, 4) is 5.75 Å². The van der Waals surface area contributed by atoms with E-state index in [0.29, 0.717) is 19.6 Å². The minimum Gasteiger partial charge on any atom is -0.497 e. The molecule has 1 fully saturated rings. The number of aromatic amines is 1. The Labute approximate surface area is 170 Å². The maximum atomic E-state index is 11.7. The number of rotatable bonds is 7. The number of H-pyrrole nitrogens is 1. The molecule has 0 bridgehead atoms. The summed E-state index contributed by atoms with van der Waals surface area (Å²) in [7, 11) is 1.67. The molecule has 2 heterocycles. The van der Waals surface area contributed by atoms with Gasteiger partial charge in [-0.15, -0.1) is 11.6 Å². The fourth-order valence-corrected chi connectivity index (χ4v) is 3.81. The number of nitrogens with zero attached hydrogens (tertiary/aromatic N) is 2. The van der Waals surface area contributed by atoms with Crippen LogP contribution in [0.5, 0.6) is 5.75 Å². The van der Waals surface area contributed by atoms with Crippen LogP contribution in [0.2, 0.25) is 0 Å². The van der Waals surface area contributed by atoms with Gasteiger partial charge in [0.2, 0.25) is 11.8 Å². The predicted octanol–water partition coefficient (Wildman–Crippen LogP) is 1.74. The lowest BCUT2D eigenvalue weighted by atomic mass is 10.1. The molecule has 1 aromatic heterocycles. The van der Waals surface area contributed by atoms with E-state index >= 15 is 0 Å². The van der Waals surface area contributed by atoms with Crippen molar-refractivity contribution < 1.29 is 14.3 Å². The molecule has 0 spiro atoms. The topological polar surface area (TPSA) is 77.7 Å². The van der Waals surface area contributed by atoms with Crippen LogP contribution in [0.4, 0.5) is 0 Å². The lowest BCUT2D eigenvalue weighted by Gasteiger charge is -2.34. The second kappa shape index (κ2) is 9.30. The molecule has 0 unspecified atom stereocenters. The zero-order chi connectivity index (χ0) is 20.1. The number of amides is 2. The average molecular weight is 407 g/mol. The monoisotopic (exact) mass is 406 g/mol. The van der Waals surface area contributed by atoms with Crippen molar-refractivity contribution >= 4 is 34.3 Å². The minimum absolute atomic E-state index is 0.00160. The number of aromatic nitrogens is 1. The first-order chi connectivity index (χ1) is 13.5. The molecule has 0 saturated carbocycles. The molecule has 1 aliphatic rings. The number of halogens is 1. The summed E-state index contributed by atoms with van der Waals surface area (Å²) in [4.78, 5) is 30.4. The number of carbonyl (C=O) groups excluding carboxylic acids is 2. The molecular weight excluding hydrogens is 380 g/mol. The number of carbonyl (C=O) groups is 2. The predicted molar refractivity (Wildman–Crippen MR) is 110 cm³/mol. The molecule has 1 saturated heterocycles. The van der Waals surface area contributed by atoms with Crippen molar-refractivity contribution in [1.82, 2.24) is 20.1 Å². The Bertz CT molecular complexity index is 843. The van der Waals surface area contributed by atoms with Crippen molar-refractivity contribution in [2.75, 3.05) is 45.7 Å². The highest BCUT2D eigenvalue weighted by Gasteiger charge is 2.21. The van der Waals surface area contributed by atoms with Gasteiger partial charge in [-0.25, -0.2) is 0 Å². The molecule has 2 aromatic rings. The van der Waals surface area contributed by atoms with E-state index < -0.39 is 0 Å². The Morgan fingerprint density at radius 2 is 1.96 bits per heavy atom. The average Bonchev–Trinajstić information content (AvgIpc) is 3.11. The van der Waals surface area contributed by atoms with E-state index in [1.54, 1.807) is 7.11 Å². The Kier molecular flexibility index (Phi) is 6.80. The number of methoxy groups -OCH3 is 1. The first-order valence-electron chi connectivity index (χ1n) is 9.49. The zero-order valence-electron chi connectivity index (χ0n) is 16.4. The summed E-state index contributed by atoms with van der Waals surface area (Å²) < 4.78 is 5.51. The van der Waals surface area contributed by atoms with Gasteiger partial charge < -0.3 is 19.9 Å². The SMILES string of the molecule is COc1cc(CN2CCN(C(=O)CCl)CC2)c2[nH]cc(CCNC(C)=O)c2c1. The van der Waals surface area contributed by atoms with Crippen LogP contribution in [0, 0.1) is 0 Å². The molecule has 2 N–H and O–H groups in total. The zero-order valence-corrected chi connectivity index (χ0v) is 17.1. The maximum absolute atomic E-state index is 11.7. The molecule has 0 atom stereocenters. The lowest BCUT2D eigenvalue weighted by Crippen LogP contribution is -2.48. The third kappa shape index (κ3) is 4.77. The van der Waals surface area contributed by atoms with Crippen LogP contribution >= 0.6 is 11.6 Å². The molecule has 0 radical (unpaired) electrons. The second-order valence-electron chi connectivity index (χ2n) is 7.05. The van der Waals surface area contributed by atoms with E-state index in [9.17, 15) is 9.59 Å². The standard InChI is InChI=1S/C20H27ClN4O3/c1-14(26)22-4-3-15-12-23-20-16(9-17(28-2)10-18(15)20)13-24-5-7-25(8-6-24)19(27)11-21/h9-10,12,23H,3-8,11,13H2,1-2H3,(H,22,26). The molecule has 0 aliphatic carbocycles. The third-order valence-corrected chi connectivity index (χ3v) is 5.40. The summed E-state index contributed by atoms with van der Waals surface area (Å²) in [6, 6.07) is 4.10. The van der Waals surface area contributed by atoms with Gasteiger partial charge in [-0.3, -0.25) is 14.5 Å². The van der Waals surface area contributed by atoms with E-state index in [4.69, 9.17) is 16.3 Å². The molecule has 2 amide bonds. The minimum atomic E-state index is -0.0232. The van der Waals surface area contributed by atoms with Crippen molar-refractivity contribution in [2.45, 2.75) is 19.9 Å². The molecule has 8 heteroatoms. The van der Waals surface area contributed by atoms with Gasteiger partial charge >= 0.3 is 0 Å². The largest absolute Gasteiger partial charge is 0.497 e. The number of benzene rings is 1. The third-order valence-electron chi connectivity index (χ3n) is 5.17.